The summed E-state index contributed by atoms with van der Waals surface area (Å²) in [5.41, 5.74) is 5.93. The zero-order chi connectivity index (χ0) is 18.4. The van der Waals surface area contributed by atoms with Crippen LogP contribution in [0.2, 0.25) is 0 Å². The molecule has 7 nitrogen and oxygen atoms in total. The third kappa shape index (κ3) is 2.56. The van der Waals surface area contributed by atoms with Crippen LogP contribution >= 0.6 is 0 Å². The molecule has 5 rings (SSSR count). The summed E-state index contributed by atoms with van der Waals surface area (Å²) in [4.78, 5) is 10.8. The van der Waals surface area contributed by atoms with Gasteiger partial charge in [-0.25, -0.2) is 0 Å². The van der Waals surface area contributed by atoms with Crippen molar-refractivity contribution in [2.24, 2.45) is 0 Å². The highest BCUT2D eigenvalue weighted by atomic mass is 16.6. The van der Waals surface area contributed by atoms with Crippen LogP contribution in [0.5, 0.6) is 5.75 Å². The first-order chi connectivity index (χ1) is 13.2. The molecule has 1 N–H and O–H groups in total. The molecule has 7 heteroatoms. The molecule has 3 heterocycles. The van der Waals surface area contributed by atoms with Crippen molar-refractivity contribution < 1.29 is 14.1 Å². The van der Waals surface area contributed by atoms with Crippen molar-refractivity contribution in [3.63, 3.8) is 0 Å². The second-order valence-corrected chi connectivity index (χ2v) is 6.38. The Hall–Kier alpha value is -3.58. The number of nitrogens with one attached hydrogen (secondary N) is 1. The summed E-state index contributed by atoms with van der Waals surface area (Å²) < 4.78 is 11.7. The van der Waals surface area contributed by atoms with Gasteiger partial charge >= 0.3 is 0 Å². The number of hydrogen-bond acceptors (Lipinski definition) is 6. The van der Waals surface area contributed by atoms with E-state index in [1.807, 2.05) is 47.5 Å². The van der Waals surface area contributed by atoms with Gasteiger partial charge in [0, 0.05) is 23.3 Å². The molecule has 3 aromatic rings. The summed E-state index contributed by atoms with van der Waals surface area (Å²) in [6, 6.07) is 18.0. The third-order valence-corrected chi connectivity index (χ3v) is 4.76. The quantitative estimate of drug-likeness (QED) is 0.557. The van der Waals surface area contributed by atoms with Gasteiger partial charge in [-0.2, -0.15) is 5.01 Å². The van der Waals surface area contributed by atoms with Crippen molar-refractivity contribution in [1.82, 2.24) is 10.4 Å². The smallest absolute Gasteiger partial charge is 0.269 e. The molecular weight excluding hydrogens is 346 g/mol. The number of nitrogens with zero attached hydrogens (tertiary/aromatic N) is 2. The molecule has 2 aromatic carbocycles. The van der Waals surface area contributed by atoms with Gasteiger partial charge in [-0.15, -0.1) is 0 Å². The molecule has 0 bridgehead atoms. The van der Waals surface area contributed by atoms with E-state index in [9.17, 15) is 10.1 Å². The van der Waals surface area contributed by atoms with Gasteiger partial charge < -0.3 is 14.6 Å². The molecule has 2 aliphatic rings. The Balaban J connectivity index is 1.59. The Morgan fingerprint density at radius 2 is 1.96 bits per heavy atom. The minimum atomic E-state index is -0.520. The normalized spacial score (nSPS) is 20.8. The maximum absolute atomic E-state index is 11.2. The van der Waals surface area contributed by atoms with E-state index in [2.05, 4.69) is 11.5 Å². The van der Waals surface area contributed by atoms with E-state index in [1.165, 1.54) is 6.07 Å². The van der Waals surface area contributed by atoms with Crippen LogP contribution in [0, 0.1) is 10.1 Å². The fourth-order valence-corrected chi connectivity index (χ4v) is 3.53. The number of para-hydroxylation sites is 1. The largest absolute Gasteiger partial charge is 0.469 e. The first-order valence-corrected chi connectivity index (χ1v) is 8.51. The molecule has 2 atom stereocenters. The van der Waals surface area contributed by atoms with E-state index in [0.717, 1.165) is 22.8 Å². The Labute approximate surface area is 154 Å². The topological polar surface area (TPSA) is 80.8 Å². The SMILES string of the molecule is O=[N+]([O-])c1cccc([C@H]2Oc3ccccc3[C@H]3C=C(c4ccco4)NN32)c1. The standard InChI is InChI=1S/C20H15N3O4/c24-23(25)14-6-3-5-13(11-14)20-22-17(15-7-1-2-8-18(15)27-20)12-16(21-22)19-9-4-10-26-19/h1-12,17,20-21H/t17-,20-/m1/s1. The average Bonchev–Trinajstić information content (AvgIpc) is 3.37. The Morgan fingerprint density at radius 3 is 2.78 bits per heavy atom. The van der Waals surface area contributed by atoms with Gasteiger partial charge in [0.25, 0.3) is 5.69 Å². The van der Waals surface area contributed by atoms with Crippen LogP contribution in [0.4, 0.5) is 5.69 Å². The predicted octanol–water partition coefficient (Wildman–Crippen LogP) is 4.18. The summed E-state index contributed by atoms with van der Waals surface area (Å²) in [7, 11) is 0. The van der Waals surface area contributed by atoms with Gasteiger partial charge in [-0.1, -0.05) is 30.3 Å². The van der Waals surface area contributed by atoms with Crippen LogP contribution in [-0.2, 0) is 0 Å². The lowest BCUT2D eigenvalue weighted by molar-refractivity contribution is -0.385. The van der Waals surface area contributed by atoms with Crippen LogP contribution in [-0.4, -0.2) is 9.93 Å². The molecule has 0 saturated heterocycles. The van der Waals surface area contributed by atoms with Crippen LogP contribution in [0.25, 0.3) is 5.70 Å². The lowest BCUT2D eigenvalue weighted by Crippen LogP contribution is -2.43. The predicted molar refractivity (Wildman–Crippen MR) is 97.3 cm³/mol. The maximum Gasteiger partial charge on any atom is 0.269 e. The molecule has 0 saturated carbocycles. The first kappa shape index (κ1) is 15.7. The first-order valence-electron chi connectivity index (χ1n) is 8.51. The van der Waals surface area contributed by atoms with E-state index in [1.54, 1.807) is 18.4 Å². The van der Waals surface area contributed by atoms with Gasteiger partial charge in [0.2, 0.25) is 0 Å². The summed E-state index contributed by atoms with van der Waals surface area (Å²) >= 11 is 0. The van der Waals surface area contributed by atoms with Gasteiger partial charge in [0.1, 0.15) is 5.75 Å². The molecule has 0 amide bonds. The zero-order valence-corrected chi connectivity index (χ0v) is 14.1. The summed E-state index contributed by atoms with van der Waals surface area (Å²) in [6.07, 6.45) is 3.18. The van der Waals surface area contributed by atoms with Crippen LogP contribution in [0.15, 0.2) is 77.4 Å². The lowest BCUT2D eigenvalue weighted by Gasteiger charge is -2.38. The third-order valence-electron chi connectivity index (χ3n) is 4.76. The summed E-state index contributed by atoms with van der Waals surface area (Å²) in [5, 5.41) is 13.1. The van der Waals surface area contributed by atoms with Gasteiger partial charge in [0.15, 0.2) is 12.0 Å². The molecule has 0 radical (unpaired) electrons. The molecule has 134 valence electrons. The summed E-state index contributed by atoms with van der Waals surface area (Å²) in [6.45, 7) is 0. The molecular formula is C20H15N3O4. The molecule has 2 aliphatic heterocycles. The maximum atomic E-state index is 11.2. The van der Waals surface area contributed by atoms with E-state index in [4.69, 9.17) is 9.15 Å². The fraction of sp³-hybridized carbons (Fsp3) is 0.100. The summed E-state index contributed by atoms with van der Waals surface area (Å²) in [5.74, 6) is 1.48. The number of nitro benzene ring substituents is 1. The molecule has 0 unspecified atom stereocenters. The highest BCUT2D eigenvalue weighted by Gasteiger charge is 2.40. The Bertz CT molecular complexity index is 1040. The minimum Gasteiger partial charge on any atom is -0.469 e. The van der Waals surface area contributed by atoms with Crippen molar-refractivity contribution in [2.45, 2.75) is 12.3 Å². The number of nitro groups is 1. The lowest BCUT2D eigenvalue weighted by atomic mass is 10.0. The van der Waals surface area contributed by atoms with E-state index < -0.39 is 11.2 Å². The van der Waals surface area contributed by atoms with Gasteiger partial charge in [0.05, 0.1) is 22.9 Å². The Kier molecular flexibility index (Phi) is 3.48. The number of ether oxygens (including phenoxy) is 1. The molecule has 0 spiro atoms. The van der Waals surface area contributed by atoms with Gasteiger partial charge in [-0.05, 0) is 24.3 Å². The second-order valence-electron chi connectivity index (χ2n) is 6.38. The minimum absolute atomic E-state index is 0.0323. The number of hydrazine groups is 1. The van der Waals surface area contributed by atoms with Crippen molar-refractivity contribution >= 4 is 11.4 Å². The molecule has 27 heavy (non-hydrogen) atoms. The monoisotopic (exact) mass is 361 g/mol. The van der Waals surface area contributed by atoms with Crippen LogP contribution < -0.4 is 10.2 Å². The second kappa shape index (κ2) is 6.00. The highest BCUT2D eigenvalue weighted by molar-refractivity contribution is 5.64. The number of non-ortho nitro benzene ring substituents is 1. The zero-order valence-electron chi connectivity index (χ0n) is 14.1. The van der Waals surface area contributed by atoms with E-state index in [-0.39, 0.29) is 11.7 Å². The molecule has 0 aliphatic carbocycles. The van der Waals surface area contributed by atoms with Crippen molar-refractivity contribution in [3.8, 4) is 5.75 Å². The Morgan fingerprint density at radius 1 is 1.07 bits per heavy atom. The van der Waals surface area contributed by atoms with Crippen molar-refractivity contribution in [2.75, 3.05) is 0 Å². The van der Waals surface area contributed by atoms with Gasteiger partial charge in [-0.3, -0.25) is 10.1 Å². The van der Waals surface area contributed by atoms with Crippen LogP contribution in [0.1, 0.15) is 29.2 Å². The van der Waals surface area contributed by atoms with E-state index in [0.29, 0.717) is 5.56 Å². The number of benzene rings is 2. The number of rotatable bonds is 3. The average molecular weight is 361 g/mol. The van der Waals surface area contributed by atoms with E-state index >= 15 is 0 Å². The number of furan rings is 1. The van der Waals surface area contributed by atoms with Crippen molar-refractivity contribution in [1.29, 1.82) is 0 Å². The van der Waals surface area contributed by atoms with Crippen molar-refractivity contribution in [3.05, 3.63) is 100 Å². The fourth-order valence-electron chi connectivity index (χ4n) is 3.53. The molecule has 1 aromatic heterocycles. The molecule has 0 fully saturated rings. The number of fused-ring (bicyclic) bond motifs is 3. The van der Waals surface area contributed by atoms with Crippen LogP contribution in [0.3, 0.4) is 0 Å². The number of hydrogen-bond donors (Lipinski definition) is 1. The highest BCUT2D eigenvalue weighted by Crippen LogP contribution is 2.46.